The van der Waals surface area contributed by atoms with Gasteiger partial charge >= 0.3 is 0 Å². The molecule has 0 amide bonds. The third-order valence-corrected chi connectivity index (χ3v) is 7.90. The molecule has 1 aromatic heterocycles. The number of hydrogen-bond donors (Lipinski definition) is 0. The van der Waals surface area contributed by atoms with Crippen LogP contribution in [0.15, 0.2) is 150 Å². The van der Waals surface area contributed by atoms with Gasteiger partial charge in [0.25, 0.3) is 0 Å². The van der Waals surface area contributed by atoms with Crippen molar-refractivity contribution in [3.63, 3.8) is 0 Å². The molecule has 0 radical (unpaired) electrons. The van der Waals surface area contributed by atoms with Gasteiger partial charge in [-0.1, -0.05) is 121 Å². The van der Waals surface area contributed by atoms with E-state index in [1.807, 2.05) is 6.26 Å². The zero-order chi connectivity index (χ0) is 25.8. The molecule has 0 saturated carbocycles. The molecule has 0 unspecified atom stereocenters. The first kappa shape index (κ1) is 21.9. The lowest BCUT2D eigenvalue weighted by atomic mass is 9.85. The summed E-state index contributed by atoms with van der Waals surface area (Å²) in [5, 5.41) is 8.56. The van der Waals surface area contributed by atoms with Crippen molar-refractivity contribution in [3.8, 4) is 33.4 Å². The number of rotatable bonds is 3. The molecule has 1 heteroatoms. The lowest BCUT2D eigenvalue weighted by molar-refractivity contribution is 0.617. The first-order valence-corrected chi connectivity index (χ1v) is 13.3. The molecule has 0 aliphatic heterocycles. The molecule has 0 saturated heterocycles. The van der Waals surface area contributed by atoms with Gasteiger partial charge in [0.15, 0.2) is 0 Å². The molecule has 39 heavy (non-hydrogen) atoms. The third-order valence-electron chi connectivity index (χ3n) is 7.90. The third kappa shape index (κ3) is 3.48. The monoisotopic (exact) mass is 496 g/mol. The van der Waals surface area contributed by atoms with Crippen LogP contribution in [0.5, 0.6) is 0 Å². The van der Waals surface area contributed by atoms with Crippen LogP contribution < -0.4 is 0 Å². The Balaban J connectivity index is 1.48. The highest BCUT2D eigenvalue weighted by atomic mass is 16.3. The molecule has 0 aliphatic rings. The van der Waals surface area contributed by atoms with Crippen LogP contribution in [0, 0.1) is 0 Å². The molecule has 0 N–H and O–H groups in total. The van der Waals surface area contributed by atoms with Crippen molar-refractivity contribution in [2.24, 2.45) is 0 Å². The molecule has 8 rings (SSSR count). The van der Waals surface area contributed by atoms with E-state index in [4.69, 9.17) is 4.42 Å². The maximum absolute atomic E-state index is 6.10. The molecule has 0 aliphatic carbocycles. The Morgan fingerprint density at radius 3 is 1.56 bits per heavy atom. The zero-order valence-electron chi connectivity index (χ0n) is 21.3. The van der Waals surface area contributed by atoms with Crippen LogP contribution in [-0.2, 0) is 0 Å². The minimum Gasteiger partial charge on any atom is -0.464 e. The van der Waals surface area contributed by atoms with Gasteiger partial charge in [-0.15, -0.1) is 0 Å². The maximum atomic E-state index is 6.10. The summed E-state index contributed by atoms with van der Waals surface area (Å²) >= 11 is 0. The fourth-order valence-corrected chi connectivity index (χ4v) is 6.11. The first-order chi connectivity index (χ1) is 19.3. The van der Waals surface area contributed by atoms with Crippen LogP contribution in [0.1, 0.15) is 0 Å². The number of fused-ring (bicyclic) bond motifs is 4. The molecule has 0 spiro atoms. The number of hydrogen-bond acceptors (Lipinski definition) is 1. The van der Waals surface area contributed by atoms with Crippen LogP contribution in [0.3, 0.4) is 0 Å². The predicted molar refractivity (Wildman–Crippen MR) is 165 cm³/mol. The Bertz CT molecular complexity index is 2150. The van der Waals surface area contributed by atoms with Crippen molar-refractivity contribution in [2.75, 3.05) is 0 Å². The van der Waals surface area contributed by atoms with Crippen LogP contribution in [-0.4, -0.2) is 0 Å². The van der Waals surface area contributed by atoms with Gasteiger partial charge in [0, 0.05) is 10.9 Å². The van der Waals surface area contributed by atoms with Gasteiger partial charge in [0.2, 0.25) is 0 Å². The molecule has 8 aromatic rings. The minimum atomic E-state index is 0.913. The standard InChI is InChI=1S/C38H24O/c1-3-11-25(12-4-1)37-30-17-9-10-18-31(30)38(26-13-5-2-6-14-26)34-22-29(19-20-32(34)37)35-24-39-36-23-28-16-8-7-15-27(28)21-33(35)36/h1-24H. The quantitative estimate of drug-likeness (QED) is 0.222. The van der Waals surface area contributed by atoms with E-state index in [1.54, 1.807) is 0 Å². The molecular formula is C38H24O. The van der Waals surface area contributed by atoms with Gasteiger partial charge in [0.1, 0.15) is 5.58 Å². The van der Waals surface area contributed by atoms with E-state index in [1.165, 1.54) is 54.6 Å². The Hall–Kier alpha value is -5.14. The molecule has 0 fully saturated rings. The number of furan rings is 1. The van der Waals surface area contributed by atoms with E-state index in [0.717, 1.165) is 22.1 Å². The molecule has 1 heterocycles. The molecule has 0 atom stereocenters. The molecular weight excluding hydrogens is 472 g/mol. The Labute approximate surface area is 226 Å². The second kappa shape index (κ2) is 8.72. The summed E-state index contributed by atoms with van der Waals surface area (Å²) in [7, 11) is 0. The Morgan fingerprint density at radius 1 is 0.359 bits per heavy atom. The van der Waals surface area contributed by atoms with E-state index >= 15 is 0 Å². The summed E-state index contributed by atoms with van der Waals surface area (Å²) < 4.78 is 6.10. The largest absolute Gasteiger partial charge is 0.464 e. The van der Waals surface area contributed by atoms with E-state index < -0.39 is 0 Å². The molecule has 0 bridgehead atoms. The highest BCUT2D eigenvalue weighted by Crippen LogP contribution is 2.45. The summed E-state index contributed by atoms with van der Waals surface area (Å²) in [6.45, 7) is 0. The van der Waals surface area contributed by atoms with Crippen molar-refractivity contribution >= 4 is 43.3 Å². The van der Waals surface area contributed by atoms with E-state index in [0.29, 0.717) is 0 Å². The second-order valence-electron chi connectivity index (χ2n) is 10.1. The van der Waals surface area contributed by atoms with Crippen molar-refractivity contribution in [3.05, 3.63) is 146 Å². The van der Waals surface area contributed by atoms with Gasteiger partial charge in [0.05, 0.1) is 6.26 Å². The van der Waals surface area contributed by atoms with Gasteiger partial charge in [-0.3, -0.25) is 0 Å². The van der Waals surface area contributed by atoms with Crippen LogP contribution >= 0.6 is 0 Å². The van der Waals surface area contributed by atoms with E-state index in [9.17, 15) is 0 Å². The average Bonchev–Trinajstić information content (AvgIpc) is 3.42. The molecule has 182 valence electrons. The number of benzene rings is 7. The van der Waals surface area contributed by atoms with Gasteiger partial charge in [-0.05, 0) is 78.3 Å². The highest BCUT2D eigenvalue weighted by molar-refractivity contribution is 6.22. The maximum Gasteiger partial charge on any atom is 0.135 e. The van der Waals surface area contributed by atoms with Gasteiger partial charge in [-0.2, -0.15) is 0 Å². The van der Waals surface area contributed by atoms with Gasteiger partial charge in [-0.25, -0.2) is 0 Å². The van der Waals surface area contributed by atoms with Crippen LogP contribution in [0.4, 0.5) is 0 Å². The SMILES string of the molecule is c1ccc(-c2c3ccccc3c(-c3ccccc3)c3cc(-c4coc5cc6ccccc6cc45)ccc23)cc1. The van der Waals surface area contributed by atoms with Crippen molar-refractivity contribution in [1.82, 2.24) is 0 Å². The Kier molecular flexibility index (Phi) is 4.89. The minimum absolute atomic E-state index is 0.913. The smallest absolute Gasteiger partial charge is 0.135 e. The van der Waals surface area contributed by atoms with Crippen LogP contribution in [0.2, 0.25) is 0 Å². The summed E-state index contributed by atoms with van der Waals surface area (Å²) in [6, 6.07) is 50.1. The van der Waals surface area contributed by atoms with Crippen molar-refractivity contribution < 1.29 is 4.42 Å². The fourth-order valence-electron chi connectivity index (χ4n) is 6.11. The normalized spacial score (nSPS) is 11.6. The lowest BCUT2D eigenvalue weighted by Crippen LogP contribution is -1.91. The van der Waals surface area contributed by atoms with Crippen molar-refractivity contribution in [2.45, 2.75) is 0 Å². The summed E-state index contributed by atoms with van der Waals surface area (Å²) in [4.78, 5) is 0. The van der Waals surface area contributed by atoms with Gasteiger partial charge < -0.3 is 4.42 Å². The summed E-state index contributed by atoms with van der Waals surface area (Å²) in [6.07, 6.45) is 1.91. The second-order valence-corrected chi connectivity index (χ2v) is 10.1. The zero-order valence-corrected chi connectivity index (χ0v) is 21.3. The van der Waals surface area contributed by atoms with Crippen LogP contribution in [0.25, 0.3) is 76.7 Å². The predicted octanol–water partition coefficient (Wildman–Crippen LogP) is 10.9. The lowest BCUT2D eigenvalue weighted by Gasteiger charge is -2.18. The highest BCUT2D eigenvalue weighted by Gasteiger charge is 2.18. The topological polar surface area (TPSA) is 13.1 Å². The fraction of sp³-hybridized carbons (Fsp3) is 0. The van der Waals surface area contributed by atoms with Crippen molar-refractivity contribution in [1.29, 1.82) is 0 Å². The molecule has 1 nitrogen and oxygen atoms in total. The van der Waals surface area contributed by atoms with E-state index in [-0.39, 0.29) is 0 Å². The van der Waals surface area contributed by atoms with E-state index in [2.05, 4.69) is 140 Å². The Morgan fingerprint density at radius 2 is 0.897 bits per heavy atom. The average molecular weight is 497 g/mol. The summed E-state index contributed by atoms with van der Waals surface area (Å²) in [5.41, 5.74) is 8.17. The molecule has 7 aromatic carbocycles. The summed E-state index contributed by atoms with van der Waals surface area (Å²) in [5.74, 6) is 0. The first-order valence-electron chi connectivity index (χ1n) is 13.3.